The fraction of sp³-hybridized carbons (Fsp3) is 0.500. The molecule has 2 aliphatic carbocycles. The maximum Gasteiger partial charge on any atom is 0.339 e. The maximum atomic E-state index is 14.0. The molecule has 2 saturated carbocycles. The number of benzene rings is 2. The van der Waals surface area contributed by atoms with E-state index in [0.29, 0.717) is 21.9 Å². The van der Waals surface area contributed by atoms with Crippen LogP contribution in [0.25, 0.3) is 0 Å². The molecule has 0 heterocycles. The monoisotopic (exact) mass is 552 g/mol. The molecule has 204 valence electrons. The summed E-state index contributed by atoms with van der Waals surface area (Å²) in [6.45, 7) is 4.20. The topological polar surface area (TPSA) is 52.6 Å². The zero-order valence-electron chi connectivity index (χ0n) is 23.4. The third kappa shape index (κ3) is 6.40. The van der Waals surface area contributed by atoms with Gasteiger partial charge in [-0.15, -0.1) is 0 Å². The summed E-state index contributed by atoms with van der Waals surface area (Å²) < 4.78 is 11.1. The van der Waals surface area contributed by atoms with Gasteiger partial charge in [-0.25, -0.2) is 9.59 Å². The predicted molar refractivity (Wildman–Crippen MR) is 160 cm³/mol. The summed E-state index contributed by atoms with van der Waals surface area (Å²) in [5.74, 6) is -0.718. The van der Waals surface area contributed by atoms with E-state index in [0.717, 1.165) is 47.4 Å². The van der Waals surface area contributed by atoms with Crippen LogP contribution in [0.15, 0.2) is 59.2 Å². The number of ether oxygens (including phenoxy) is 2. The van der Waals surface area contributed by atoms with Crippen molar-refractivity contribution in [2.75, 3.05) is 14.2 Å². The molecule has 38 heavy (non-hydrogen) atoms. The summed E-state index contributed by atoms with van der Waals surface area (Å²) in [7, 11) is 0.689. The van der Waals surface area contributed by atoms with E-state index >= 15 is 0 Å². The van der Waals surface area contributed by atoms with Gasteiger partial charge >= 0.3 is 11.9 Å². The lowest BCUT2D eigenvalue weighted by atomic mass is 9.99. The van der Waals surface area contributed by atoms with Gasteiger partial charge in [0.2, 0.25) is 0 Å². The van der Waals surface area contributed by atoms with Crippen molar-refractivity contribution in [2.24, 2.45) is 0 Å². The van der Waals surface area contributed by atoms with E-state index in [1.54, 1.807) is 0 Å². The molecule has 0 unspecified atom stereocenters. The first-order chi connectivity index (χ1) is 18.5. The molecule has 0 aromatic heterocycles. The Labute approximate surface area is 231 Å². The molecular weight excluding hydrogens is 510 g/mol. The first-order valence-electron chi connectivity index (χ1n) is 14.1. The fourth-order valence-corrected chi connectivity index (χ4v) is 13.3. The zero-order valence-corrected chi connectivity index (χ0v) is 25.2. The maximum absolute atomic E-state index is 14.0. The van der Waals surface area contributed by atoms with Crippen molar-refractivity contribution in [2.45, 2.75) is 89.4 Å². The number of rotatable bonds is 8. The summed E-state index contributed by atoms with van der Waals surface area (Å²) in [4.78, 5) is 28.0. The highest BCUT2D eigenvalue weighted by Gasteiger charge is 2.42. The molecule has 0 amide bonds. The van der Waals surface area contributed by atoms with Crippen molar-refractivity contribution in [1.82, 2.24) is 0 Å². The van der Waals surface area contributed by atoms with Gasteiger partial charge in [0, 0.05) is 0 Å². The molecule has 0 radical (unpaired) electrons. The number of hydrogen-bond donors (Lipinski definition) is 0. The molecule has 0 atom stereocenters. The second-order valence-corrected chi connectivity index (χ2v) is 15.4. The van der Waals surface area contributed by atoms with Gasteiger partial charge in [0.05, 0.1) is 24.8 Å². The van der Waals surface area contributed by atoms with E-state index < -0.39 is 15.8 Å². The van der Waals surface area contributed by atoms with Crippen molar-refractivity contribution in [3.8, 4) is 0 Å². The van der Waals surface area contributed by atoms with Crippen LogP contribution >= 0.6 is 15.8 Å². The first kappa shape index (κ1) is 29.0. The van der Waals surface area contributed by atoms with Gasteiger partial charge in [0.1, 0.15) is 0 Å². The SMILES string of the molecule is COC(=O)/C(=C(\C(=O)OC)P(C1CCCCC1)C1CCCCC1)P(c1ccccc1C)c1ccccc1C. The number of esters is 2. The van der Waals surface area contributed by atoms with Crippen LogP contribution in [-0.2, 0) is 19.1 Å². The Morgan fingerprint density at radius 1 is 0.632 bits per heavy atom. The molecule has 4 nitrogen and oxygen atoms in total. The minimum Gasteiger partial charge on any atom is -0.465 e. The molecule has 0 spiro atoms. The molecule has 0 aliphatic heterocycles. The van der Waals surface area contributed by atoms with E-state index in [1.807, 2.05) is 24.3 Å². The number of carbonyl (C=O) groups excluding carboxylic acids is 2. The number of aryl methyl sites for hydroxylation is 2. The Hall–Kier alpha value is -2.02. The van der Waals surface area contributed by atoms with Crippen LogP contribution < -0.4 is 10.6 Å². The second kappa shape index (κ2) is 13.9. The number of carbonyl (C=O) groups is 2. The summed E-state index contributed by atoms with van der Waals surface area (Å²) in [5, 5.41) is 3.41. The second-order valence-electron chi connectivity index (χ2n) is 10.6. The lowest BCUT2D eigenvalue weighted by Crippen LogP contribution is -2.28. The van der Waals surface area contributed by atoms with Gasteiger partial charge in [0.25, 0.3) is 0 Å². The molecule has 6 heteroatoms. The Morgan fingerprint density at radius 2 is 1.03 bits per heavy atom. The van der Waals surface area contributed by atoms with E-state index in [4.69, 9.17) is 9.47 Å². The molecule has 2 aromatic carbocycles. The average molecular weight is 553 g/mol. The van der Waals surface area contributed by atoms with Crippen LogP contribution in [0.3, 0.4) is 0 Å². The van der Waals surface area contributed by atoms with Gasteiger partial charge in [-0.3, -0.25) is 0 Å². The van der Waals surface area contributed by atoms with Crippen molar-refractivity contribution in [3.05, 3.63) is 70.3 Å². The van der Waals surface area contributed by atoms with Crippen LogP contribution in [0, 0.1) is 13.8 Å². The smallest absolute Gasteiger partial charge is 0.339 e. The molecule has 2 aromatic rings. The van der Waals surface area contributed by atoms with Gasteiger partial charge in [-0.1, -0.05) is 95.0 Å². The quantitative estimate of drug-likeness (QED) is 0.194. The fourth-order valence-electron chi connectivity index (χ4n) is 6.19. The van der Waals surface area contributed by atoms with Crippen molar-refractivity contribution < 1.29 is 19.1 Å². The summed E-state index contributed by atoms with van der Waals surface area (Å²) in [6, 6.07) is 16.6. The van der Waals surface area contributed by atoms with Gasteiger partial charge in [-0.2, -0.15) is 0 Å². The van der Waals surface area contributed by atoms with E-state index in [-0.39, 0.29) is 11.9 Å². The Bertz CT molecular complexity index is 1080. The van der Waals surface area contributed by atoms with E-state index in [1.165, 1.54) is 52.7 Å². The van der Waals surface area contributed by atoms with Crippen molar-refractivity contribution in [1.29, 1.82) is 0 Å². The molecule has 0 bridgehead atoms. The predicted octanol–water partition coefficient (Wildman–Crippen LogP) is 7.44. The highest BCUT2D eigenvalue weighted by atomic mass is 31.1. The van der Waals surface area contributed by atoms with Crippen LogP contribution in [0.2, 0.25) is 0 Å². The number of hydrogen-bond acceptors (Lipinski definition) is 4. The molecule has 0 N–H and O–H groups in total. The van der Waals surface area contributed by atoms with Crippen molar-refractivity contribution in [3.63, 3.8) is 0 Å². The molecule has 4 rings (SSSR count). The molecule has 2 fully saturated rings. The highest BCUT2D eigenvalue weighted by Crippen LogP contribution is 2.65. The third-order valence-electron chi connectivity index (χ3n) is 8.11. The average Bonchev–Trinajstić information content (AvgIpc) is 2.96. The van der Waals surface area contributed by atoms with Crippen LogP contribution in [0.5, 0.6) is 0 Å². The van der Waals surface area contributed by atoms with Gasteiger partial charge in [-0.05, 0) is 80.5 Å². The Morgan fingerprint density at radius 3 is 1.42 bits per heavy atom. The van der Waals surface area contributed by atoms with E-state index in [9.17, 15) is 9.59 Å². The van der Waals surface area contributed by atoms with Crippen LogP contribution in [-0.4, -0.2) is 37.5 Å². The Balaban J connectivity index is 2.05. The summed E-state index contributed by atoms with van der Waals surface area (Å²) in [5.41, 5.74) is 3.13. The van der Waals surface area contributed by atoms with E-state index in [2.05, 4.69) is 38.1 Å². The highest BCUT2D eigenvalue weighted by molar-refractivity contribution is 7.79. The summed E-state index contributed by atoms with van der Waals surface area (Å²) >= 11 is 0. The Kier molecular flexibility index (Phi) is 10.6. The zero-order chi connectivity index (χ0) is 27.1. The molecule has 0 saturated heterocycles. The normalized spacial score (nSPS) is 17.8. The van der Waals surface area contributed by atoms with Gasteiger partial charge < -0.3 is 9.47 Å². The van der Waals surface area contributed by atoms with Crippen LogP contribution in [0.4, 0.5) is 0 Å². The first-order valence-corrected chi connectivity index (χ1v) is 16.9. The van der Waals surface area contributed by atoms with Gasteiger partial charge in [0.15, 0.2) is 0 Å². The van der Waals surface area contributed by atoms with Crippen LogP contribution in [0.1, 0.15) is 75.3 Å². The molecule has 2 aliphatic rings. The minimum absolute atomic E-state index is 0.331. The largest absolute Gasteiger partial charge is 0.465 e. The van der Waals surface area contributed by atoms with Crippen molar-refractivity contribution >= 4 is 38.4 Å². The lowest BCUT2D eigenvalue weighted by molar-refractivity contribution is -0.138. The summed E-state index contributed by atoms with van der Waals surface area (Å²) in [6.07, 6.45) is 11.8. The lowest BCUT2D eigenvalue weighted by Gasteiger charge is -2.40. The third-order valence-corrected chi connectivity index (χ3v) is 14.6. The standard InChI is InChI=1S/C32H42O4P2/c1-23-15-11-13-21-27(23)38(28-22-14-12-16-24(28)2)30(32(34)36-4)29(31(33)35-3)37(25-17-7-5-8-18-25)26-19-9-6-10-20-26/h11-16,21-22,25-26H,5-10,17-20H2,1-4H3/b30-29-. The number of methoxy groups -OCH3 is 2. The minimum atomic E-state index is -1.33. The molecular formula is C32H42O4P2.